The third kappa shape index (κ3) is 5.67. The molecule has 3 rings (SSSR count). The fourth-order valence-electron chi connectivity index (χ4n) is 2.68. The van der Waals surface area contributed by atoms with Crippen LogP contribution >= 0.6 is 15.9 Å². The average Bonchev–Trinajstić information content (AvgIpc) is 2.79. The van der Waals surface area contributed by atoms with Crippen LogP contribution < -0.4 is 14.9 Å². The minimum absolute atomic E-state index is 0.0161. The van der Waals surface area contributed by atoms with E-state index in [4.69, 9.17) is 9.47 Å². The van der Waals surface area contributed by atoms with Gasteiger partial charge < -0.3 is 9.47 Å². The first-order valence-electron chi connectivity index (χ1n) is 9.20. The van der Waals surface area contributed by atoms with Crippen LogP contribution in [0.15, 0.2) is 70.2 Å². The number of hydrogen-bond donors (Lipinski definition) is 1. The van der Waals surface area contributed by atoms with Crippen LogP contribution in [0.4, 0.5) is 10.1 Å². The summed E-state index contributed by atoms with van der Waals surface area (Å²) in [6, 6.07) is 14.9. The highest BCUT2D eigenvalue weighted by molar-refractivity contribution is 9.10. The molecule has 0 bridgehead atoms. The van der Waals surface area contributed by atoms with Gasteiger partial charge in [-0.1, -0.05) is 24.3 Å². The number of hydrogen-bond acceptors (Lipinski definition) is 6. The lowest BCUT2D eigenvalue weighted by atomic mass is 10.2. The quantitative estimate of drug-likeness (QED) is 0.270. The number of ether oxygens (including phenoxy) is 2. The summed E-state index contributed by atoms with van der Waals surface area (Å²) < 4.78 is 25.4. The highest BCUT2D eigenvalue weighted by atomic mass is 79.9. The van der Waals surface area contributed by atoms with Crippen LogP contribution in [0.1, 0.15) is 21.5 Å². The molecule has 0 atom stereocenters. The first-order chi connectivity index (χ1) is 15.4. The van der Waals surface area contributed by atoms with Crippen LogP contribution in [0, 0.1) is 15.9 Å². The largest absolute Gasteiger partial charge is 0.493 e. The van der Waals surface area contributed by atoms with Gasteiger partial charge in [0.15, 0.2) is 11.5 Å². The number of carbonyl (C=O) groups excluding carboxylic acids is 1. The van der Waals surface area contributed by atoms with Crippen molar-refractivity contribution in [3.8, 4) is 11.5 Å². The Balaban J connectivity index is 1.71. The number of nitrogens with zero attached hydrogens (tertiary/aromatic N) is 2. The second-order valence-corrected chi connectivity index (χ2v) is 7.27. The molecule has 32 heavy (non-hydrogen) atoms. The Hall–Kier alpha value is -3.79. The normalized spacial score (nSPS) is 10.7. The van der Waals surface area contributed by atoms with Crippen molar-refractivity contribution in [1.29, 1.82) is 0 Å². The molecule has 1 N–H and O–H groups in total. The van der Waals surface area contributed by atoms with Crippen LogP contribution in [-0.2, 0) is 6.61 Å². The van der Waals surface area contributed by atoms with E-state index < -0.39 is 10.8 Å². The van der Waals surface area contributed by atoms with E-state index >= 15 is 0 Å². The predicted molar refractivity (Wildman–Crippen MR) is 120 cm³/mol. The fourth-order valence-corrected chi connectivity index (χ4v) is 3.10. The second kappa shape index (κ2) is 10.5. The Labute approximate surface area is 190 Å². The monoisotopic (exact) mass is 501 g/mol. The van der Waals surface area contributed by atoms with Crippen LogP contribution in [-0.4, -0.2) is 24.2 Å². The van der Waals surface area contributed by atoms with Gasteiger partial charge in [0, 0.05) is 33.3 Å². The SMILES string of the molecule is COc1cc(/C=N/NC(=O)c2cccc([N+](=O)[O-])c2)c(Br)cc1OCc1ccccc1F. The first-order valence-corrected chi connectivity index (χ1v) is 10.00. The molecule has 0 aromatic heterocycles. The Bertz CT molecular complexity index is 1190. The lowest BCUT2D eigenvalue weighted by molar-refractivity contribution is -0.384. The number of amides is 1. The van der Waals surface area contributed by atoms with Gasteiger partial charge in [0.1, 0.15) is 12.4 Å². The van der Waals surface area contributed by atoms with E-state index in [1.54, 1.807) is 30.3 Å². The van der Waals surface area contributed by atoms with E-state index in [-0.39, 0.29) is 23.7 Å². The van der Waals surface area contributed by atoms with Crippen LogP contribution in [0.3, 0.4) is 0 Å². The standard InChI is InChI=1S/C22H17BrFN3O5/c1-31-20-10-16(12-25-26-22(28)14-6-4-7-17(9-14)27(29)30)18(23)11-21(20)32-13-15-5-2-3-8-19(15)24/h2-12H,13H2,1H3,(H,26,28)/b25-12+. The van der Waals surface area contributed by atoms with Gasteiger partial charge >= 0.3 is 0 Å². The highest BCUT2D eigenvalue weighted by Crippen LogP contribution is 2.33. The Kier molecular flexibility index (Phi) is 7.50. The third-order valence-corrected chi connectivity index (χ3v) is 5.00. The van der Waals surface area contributed by atoms with E-state index in [2.05, 4.69) is 26.5 Å². The average molecular weight is 502 g/mol. The topological polar surface area (TPSA) is 103 Å². The number of carbonyl (C=O) groups is 1. The van der Waals surface area contributed by atoms with E-state index in [9.17, 15) is 19.3 Å². The van der Waals surface area contributed by atoms with Crippen molar-refractivity contribution in [3.05, 3.63) is 97.8 Å². The number of nitro groups is 1. The molecule has 3 aromatic rings. The van der Waals surface area contributed by atoms with Crippen LogP contribution in [0.5, 0.6) is 11.5 Å². The van der Waals surface area contributed by atoms with E-state index in [0.717, 1.165) is 6.07 Å². The molecule has 3 aromatic carbocycles. The molecule has 0 fully saturated rings. The molecule has 0 aliphatic carbocycles. The van der Waals surface area contributed by atoms with Crippen molar-refractivity contribution in [2.75, 3.05) is 7.11 Å². The summed E-state index contributed by atoms with van der Waals surface area (Å²) >= 11 is 3.40. The molecule has 0 saturated heterocycles. The number of halogens is 2. The van der Waals surface area contributed by atoms with E-state index in [1.165, 1.54) is 37.6 Å². The zero-order valence-corrected chi connectivity index (χ0v) is 18.3. The van der Waals surface area contributed by atoms with Gasteiger partial charge in [-0.3, -0.25) is 14.9 Å². The summed E-state index contributed by atoms with van der Waals surface area (Å²) in [6.45, 7) is 0.0161. The molecule has 0 aliphatic rings. The molecule has 0 aliphatic heterocycles. The second-order valence-electron chi connectivity index (χ2n) is 6.41. The number of benzene rings is 3. The highest BCUT2D eigenvalue weighted by Gasteiger charge is 2.12. The predicted octanol–water partition coefficient (Wildman–Crippen LogP) is 4.85. The van der Waals surface area contributed by atoms with Crippen molar-refractivity contribution in [2.45, 2.75) is 6.61 Å². The summed E-state index contributed by atoms with van der Waals surface area (Å²) in [5, 5.41) is 14.7. The molecule has 0 heterocycles. The molecule has 0 unspecified atom stereocenters. The van der Waals surface area contributed by atoms with Crippen LogP contribution in [0.25, 0.3) is 0 Å². The summed E-state index contributed by atoms with van der Waals surface area (Å²) in [5.41, 5.74) is 3.20. The number of rotatable bonds is 8. The fraction of sp³-hybridized carbons (Fsp3) is 0.0909. The number of nitrogens with one attached hydrogen (secondary N) is 1. The van der Waals surface area contributed by atoms with Gasteiger partial charge in [0.05, 0.1) is 18.2 Å². The maximum atomic E-state index is 13.8. The minimum Gasteiger partial charge on any atom is -0.493 e. The zero-order valence-electron chi connectivity index (χ0n) is 16.7. The maximum absolute atomic E-state index is 13.8. The Morgan fingerprint density at radius 1 is 1.19 bits per heavy atom. The van der Waals surface area contributed by atoms with E-state index in [0.29, 0.717) is 27.1 Å². The van der Waals surface area contributed by atoms with Crippen molar-refractivity contribution >= 4 is 33.7 Å². The number of nitro benzene ring substituents is 1. The van der Waals surface area contributed by atoms with E-state index in [1.807, 2.05) is 0 Å². The van der Waals surface area contributed by atoms with Gasteiger partial charge in [-0.05, 0) is 40.2 Å². The van der Waals surface area contributed by atoms with Gasteiger partial charge in [-0.15, -0.1) is 0 Å². The smallest absolute Gasteiger partial charge is 0.271 e. The molecule has 1 amide bonds. The Morgan fingerprint density at radius 3 is 2.69 bits per heavy atom. The van der Waals surface area contributed by atoms with Crippen molar-refractivity contribution in [1.82, 2.24) is 5.43 Å². The number of hydrazone groups is 1. The molecular formula is C22H17BrFN3O5. The first kappa shape index (κ1) is 22.9. The lowest BCUT2D eigenvalue weighted by Gasteiger charge is -2.13. The van der Waals surface area contributed by atoms with Gasteiger partial charge in [0.2, 0.25) is 0 Å². The molecule has 8 nitrogen and oxygen atoms in total. The Morgan fingerprint density at radius 2 is 1.97 bits per heavy atom. The molecule has 164 valence electrons. The van der Waals surface area contributed by atoms with Gasteiger partial charge in [0.25, 0.3) is 11.6 Å². The van der Waals surface area contributed by atoms with Crippen LogP contribution in [0.2, 0.25) is 0 Å². The zero-order chi connectivity index (χ0) is 23.1. The maximum Gasteiger partial charge on any atom is 0.271 e. The van der Waals surface area contributed by atoms with Crippen molar-refractivity contribution < 1.29 is 23.6 Å². The minimum atomic E-state index is -0.599. The summed E-state index contributed by atoms with van der Waals surface area (Å²) in [6.07, 6.45) is 1.38. The van der Waals surface area contributed by atoms with Crippen molar-refractivity contribution in [3.63, 3.8) is 0 Å². The van der Waals surface area contributed by atoms with Crippen molar-refractivity contribution in [2.24, 2.45) is 5.10 Å². The molecular weight excluding hydrogens is 485 g/mol. The number of methoxy groups -OCH3 is 1. The van der Waals surface area contributed by atoms with Gasteiger partial charge in [-0.2, -0.15) is 5.10 Å². The number of non-ortho nitro benzene ring substituents is 1. The molecule has 0 spiro atoms. The molecule has 10 heteroatoms. The lowest BCUT2D eigenvalue weighted by Crippen LogP contribution is -2.17. The summed E-state index contributed by atoms with van der Waals surface area (Å²) in [7, 11) is 1.46. The molecule has 0 saturated carbocycles. The summed E-state index contributed by atoms with van der Waals surface area (Å²) in [4.78, 5) is 22.4. The van der Waals surface area contributed by atoms with Gasteiger partial charge in [-0.25, -0.2) is 9.82 Å². The third-order valence-electron chi connectivity index (χ3n) is 4.31. The molecule has 0 radical (unpaired) electrons. The summed E-state index contributed by atoms with van der Waals surface area (Å²) in [5.74, 6) is -0.192.